The van der Waals surface area contributed by atoms with E-state index in [1.807, 2.05) is 0 Å². The van der Waals surface area contributed by atoms with E-state index in [1.165, 1.54) is 167 Å². The molecular weight excluding hydrogens is 620 g/mol. The third kappa shape index (κ3) is 39.2. The normalized spacial score (nSPS) is 12.3. The van der Waals surface area contributed by atoms with Crippen LogP contribution in [-0.4, -0.2) is 36.4 Å². The van der Waals surface area contributed by atoms with E-state index in [4.69, 9.17) is 9.47 Å². The van der Waals surface area contributed by atoms with Crippen LogP contribution in [-0.2, 0) is 19.1 Å². The third-order valence-electron chi connectivity index (χ3n) is 9.72. The van der Waals surface area contributed by atoms with Gasteiger partial charge in [-0.1, -0.05) is 179 Å². The Balaban J connectivity index is 3.51. The Morgan fingerprint density at radius 2 is 0.740 bits per heavy atom. The Bertz CT molecular complexity index is 761. The number of hydrogen-bond acceptors (Lipinski definition) is 5. The predicted molar refractivity (Wildman–Crippen MR) is 215 cm³/mol. The van der Waals surface area contributed by atoms with Crippen LogP contribution in [0.2, 0.25) is 0 Å². The molecular formula is C45H84O5. The molecule has 0 aromatic carbocycles. The maximum absolute atomic E-state index is 12.2. The summed E-state index contributed by atoms with van der Waals surface area (Å²) in [4.78, 5) is 24.3. The van der Waals surface area contributed by atoms with Gasteiger partial charge in [0.15, 0.2) is 6.10 Å². The number of ether oxygens (including phenoxy) is 2. The molecule has 0 aliphatic carbocycles. The second kappa shape index (κ2) is 41.8. The van der Waals surface area contributed by atoms with Crippen LogP contribution in [0, 0.1) is 0 Å². The van der Waals surface area contributed by atoms with E-state index in [-0.39, 0.29) is 25.2 Å². The first-order valence-corrected chi connectivity index (χ1v) is 21.9. The van der Waals surface area contributed by atoms with Crippen molar-refractivity contribution in [3.05, 3.63) is 24.3 Å². The zero-order chi connectivity index (χ0) is 36.4. The van der Waals surface area contributed by atoms with Gasteiger partial charge in [-0.15, -0.1) is 0 Å². The molecule has 0 saturated carbocycles. The van der Waals surface area contributed by atoms with Crippen molar-refractivity contribution in [2.24, 2.45) is 0 Å². The summed E-state index contributed by atoms with van der Waals surface area (Å²) in [7, 11) is 0. The smallest absolute Gasteiger partial charge is 0.306 e. The summed E-state index contributed by atoms with van der Waals surface area (Å²) in [5.74, 6) is -0.590. The lowest BCUT2D eigenvalue weighted by Gasteiger charge is -2.15. The molecule has 294 valence electrons. The van der Waals surface area contributed by atoms with Crippen LogP contribution >= 0.6 is 0 Å². The first-order chi connectivity index (χ1) is 24.6. The summed E-state index contributed by atoms with van der Waals surface area (Å²) in [6, 6.07) is 0. The minimum Gasteiger partial charge on any atom is -0.462 e. The molecule has 5 nitrogen and oxygen atoms in total. The lowest BCUT2D eigenvalue weighted by atomic mass is 10.1. The molecule has 0 aromatic rings. The maximum Gasteiger partial charge on any atom is 0.306 e. The second-order valence-electron chi connectivity index (χ2n) is 14.8. The molecule has 0 aliphatic rings. The number of aliphatic hydroxyl groups excluding tert-OH is 1. The van der Waals surface area contributed by atoms with Crippen LogP contribution in [0.1, 0.15) is 232 Å². The SMILES string of the molecule is CCCCCCCCC=CCCCCCCCCCCCC(=O)OCC(CO)OC(=O)CCCCCCCCCC=CCCCCCCCC. The van der Waals surface area contributed by atoms with Crippen LogP contribution in [0.15, 0.2) is 24.3 Å². The number of carbonyl (C=O) groups excluding carboxylic acids is 2. The lowest BCUT2D eigenvalue weighted by Crippen LogP contribution is -2.28. The van der Waals surface area contributed by atoms with Gasteiger partial charge in [-0.2, -0.15) is 0 Å². The van der Waals surface area contributed by atoms with Gasteiger partial charge in [-0.3, -0.25) is 9.59 Å². The number of carbonyl (C=O) groups is 2. The van der Waals surface area contributed by atoms with Gasteiger partial charge in [0.2, 0.25) is 0 Å². The van der Waals surface area contributed by atoms with Crippen molar-refractivity contribution in [1.82, 2.24) is 0 Å². The van der Waals surface area contributed by atoms with E-state index >= 15 is 0 Å². The zero-order valence-corrected chi connectivity index (χ0v) is 33.4. The Morgan fingerprint density at radius 3 is 1.08 bits per heavy atom. The molecule has 1 atom stereocenters. The van der Waals surface area contributed by atoms with E-state index in [2.05, 4.69) is 38.2 Å². The lowest BCUT2D eigenvalue weighted by molar-refractivity contribution is -0.161. The number of hydrogen-bond donors (Lipinski definition) is 1. The average molecular weight is 705 g/mol. The van der Waals surface area contributed by atoms with Gasteiger partial charge in [-0.05, 0) is 64.2 Å². The van der Waals surface area contributed by atoms with Gasteiger partial charge < -0.3 is 14.6 Å². The topological polar surface area (TPSA) is 72.8 Å². The van der Waals surface area contributed by atoms with Crippen molar-refractivity contribution >= 4 is 11.9 Å². The van der Waals surface area contributed by atoms with Gasteiger partial charge in [0.25, 0.3) is 0 Å². The van der Waals surface area contributed by atoms with Gasteiger partial charge in [0, 0.05) is 12.8 Å². The molecule has 0 radical (unpaired) electrons. The fraction of sp³-hybridized carbons (Fsp3) is 0.867. The Labute approximate surface area is 311 Å². The van der Waals surface area contributed by atoms with E-state index in [0.29, 0.717) is 12.8 Å². The molecule has 0 saturated heterocycles. The van der Waals surface area contributed by atoms with Gasteiger partial charge in [-0.25, -0.2) is 0 Å². The molecule has 0 amide bonds. The molecule has 0 bridgehead atoms. The summed E-state index contributed by atoms with van der Waals surface area (Å²) >= 11 is 0. The number of esters is 2. The van der Waals surface area contributed by atoms with E-state index in [0.717, 1.165) is 38.5 Å². The molecule has 5 heteroatoms. The molecule has 0 aliphatic heterocycles. The van der Waals surface area contributed by atoms with Crippen molar-refractivity contribution < 1.29 is 24.2 Å². The highest BCUT2D eigenvalue weighted by atomic mass is 16.6. The summed E-state index contributed by atoms with van der Waals surface area (Å²) in [6.07, 6.45) is 49.6. The fourth-order valence-corrected chi connectivity index (χ4v) is 6.37. The second-order valence-corrected chi connectivity index (χ2v) is 14.8. The molecule has 0 aromatic heterocycles. The quantitative estimate of drug-likeness (QED) is 0.0390. The number of allylic oxidation sites excluding steroid dienone is 4. The van der Waals surface area contributed by atoms with Crippen molar-refractivity contribution in [3.8, 4) is 0 Å². The Morgan fingerprint density at radius 1 is 0.440 bits per heavy atom. The largest absolute Gasteiger partial charge is 0.462 e. The monoisotopic (exact) mass is 705 g/mol. The molecule has 1 unspecified atom stereocenters. The van der Waals surface area contributed by atoms with Crippen LogP contribution in [0.25, 0.3) is 0 Å². The van der Waals surface area contributed by atoms with Crippen molar-refractivity contribution in [2.45, 2.75) is 238 Å². The number of unbranched alkanes of at least 4 members (excludes halogenated alkanes) is 28. The Hall–Kier alpha value is -1.62. The molecule has 50 heavy (non-hydrogen) atoms. The minimum atomic E-state index is -0.771. The number of aliphatic hydroxyl groups is 1. The standard InChI is InChI=1S/C45H84O5/c1-3-5-7-9-11-13-15-17-19-21-22-24-25-27-29-31-33-35-37-39-44(47)49-42-43(41-46)50-45(48)40-38-36-34-32-30-28-26-23-20-18-16-14-12-10-8-6-4-2/h17-20,43,46H,3-16,21-42H2,1-2H3. The molecule has 0 heterocycles. The van der Waals surface area contributed by atoms with Crippen LogP contribution in [0.3, 0.4) is 0 Å². The van der Waals surface area contributed by atoms with Gasteiger partial charge in [0.1, 0.15) is 6.61 Å². The number of rotatable bonds is 40. The first kappa shape index (κ1) is 48.4. The summed E-state index contributed by atoms with van der Waals surface area (Å²) in [5.41, 5.74) is 0. The highest BCUT2D eigenvalue weighted by Crippen LogP contribution is 2.14. The van der Waals surface area contributed by atoms with Crippen LogP contribution in [0.5, 0.6) is 0 Å². The predicted octanol–water partition coefficient (Wildman–Crippen LogP) is 13.8. The fourth-order valence-electron chi connectivity index (χ4n) is 6.37. The van der Waals surface area contributed by atoms with Crippen molar-refractivity contribution in [3.63, 3.8) is 0 Å². The third-order valence-corrected chi connectivity index (χ3v) is 9.72. The van der Waals surface area contributed by atoms with Gasteiger partial charge in [0.05, 0.1) is 6.61 Å². The van der Waals surface area contributed by atoms with Crippen LogP contribution < -0.4 is 0 Å². The minimum absolute atomic E-state index is 0.0653. The average Bonchev–Trinajstić information content (AvgIpc) is 3.12. The summed E-state index contributed by atoms with van der Waals surface area (Å²) in [5, 5.41) is 9.58. The molecule has 0 fully saturated rings. The zero-order valence-electron chi connectivity index (χ0n) is 33.4. The van der Waals surface area contributed by atoms with E-state index in [9.17, 15) is 14.7 Å². The highest BCUT2D eigenvalue weighted by Gasteiger charge is 2.16. The van der Waals surface area contributed by atoms with Crippen LogP contribution in [0.4, 0.5) is 0 Å². The Kier molecular flexibility index (Phi) is 40.4. The van der Waals surface area contributed by atoms with Gasteiger partial charge >= 0.3 is 11.9 Å². The van der Waals surface area contributed by atoms with Crippen molar-refractivity contribution in [1.29, 1.82) is 0 Å². The molecule has 0 rings (SSSR count). The van der Waals surface area contributed by atoms with E-state index < -0.39 is 6.10 Å². The molecule has 0 spiro atoms. The first-order valence-electron chi connectivity index (χ1n) is 21.9. The summed E-state index contributed by atoms with van der Waals surface area (Å²) in [6.45, 7) is 4.14. The summed E-state index contributed by atoms with van der Waals surface area (Å²) < 4.78 is 10.6. The molecule has 1 N–H and O–H groups in total. The maximum atomic E-state index is 12.2. The van der Waals surface area contributed by atoms with E-state index in [1.54, 1.807) is 0 Å². The van der Waals surface area contributed by atoms with Crippen molar-refractivity contribution in [2.75, 3.05) is 13.2 Å². The highest BCUT2D eigenvalue weighted by molar-refractivity contribution is 5.70.